The fourth-order valence-corrected chi connectivity index (χ4v) is 2.60. The molecule has 3 heteroatoms. The van der Waals surface area contributed by atoms with Crippen LogP contribution in [0.5, 0.6) is 5.75 Å². The molecule has 3 nitrogen and oxygen atoms in total. The van der Waals surface area contributed by atoms with Gasteiger partial charge in [0.1, 0.15) is 5.75 Å². The summed E-state index contributed by atoms with van der Waals surface area (Å²) in [6.45, 7) is 4.53. The van der Waals surface area contributed by atoms with Crippen LogP contribution in [0.3, 0.4) is 0 Å². The average molecular weight is 310 g/mol. The molecule has 0 aliphatic carbocycles. The minimum atomic E-state index is 0.0672. The van der Waals surface area contributed by atoms with Crippen LogP contribution in [0, 0.1) is 0 Å². The Kier molecular flexibility index (Phi) is 5.69. The highest BCUT2D eigenvalue weighted by molar-refractivity contribution is 5.54. The second-order valence-electron chi connectivity index (χ2n) is 6.16. The van der Waals surface area contributed by atoms with E-state index in [0.29, 0.717) is 0 Å². The zero-order valence-corrected chi connectivity index (χ0v) is 14.4. The predicted octanol–water partition coefficient (Wildman–Crippen LogP) is 5.03. The van der Waals surface area contributed by atoms with Gasteiger partial charge in [-0.05, 0) is 53.9 Å². The number of para-hydroxylation sites is 1. The van der Waals surface area contributed by atoms with Crippen LogP contribution in [0.15, 0.2) is 60.8 Å². The molecular formula is C20H26N2O. The van der Waals surface area contributed by atoms with Crippen LogP contribution >= 0.6 is 0 Å². The lowest BCUT2D eigenvalue weighted by Gasteiger charge is -2.26. The van der Waals surface area contributed by atoms with Gasteiger partial charge in [0.15, 0.2) is 0 Å². The summed E-state index contributed by atoms with van der Waals surface area (Å²) in [4.78, 5) is 0. The Morgan fingerprint density at radius 2 is 1.74 bits per heavy atom. The molecule has 2 rings (SSSR count). The highest BCUT2D eigenvalue weighted by Crippen LogP contribution is 2.32. The van der Waals surface area contributed by atoms with E-state index in [1.165, 1.54) is 11.3 Å². The van der Waals surface area contributed by atoms with Gasteiger partial charge in [0.25, 0.3) is 0 Å². The number of allylic oxidation sites excluding steroid dienone is 1. The molecule has 2 N–H and O–H groups in total. The Bertz CT molecular complexity index is 645. The third-order valence-corrected chi connectivity index (χ3v) is 4.01. The van der Waals surface area contributed by atoms with Crippen molar-refractivity contribution >= 4 is 11.4 Å². The number of nitrogens with one attached hydrogen (secondary N) is 2. The number of rotatable bonds is 7. The Morgan fingerprint density at radius 1 is 1.04 bits per heavy atom. The molecule has 0 radical (unpaired) electrons. The third kappa shape index (κ3) is 4.52. The molecule has 122 valence electrons. The Morgan fingerprint density at radius 3 is 2.39 bits per heavy atom. The minimum Gasteiger partial charge on any atom is -0.497 e. The van der Waals surface area contributed by atoms with Crippen LogP contribution < -0.4 is 15.4 Å². The van der Waals surface area contributed by atoms with Crippen LogP contribution in [0.2, 0.25) is 0 Å². The van der Waals surface area contributed by atoms with E-state index in [-0.39, 0.29) is 5.41 Å². The highest BCUT2D eigenvalue weighted by atomic mass is 16.5. The molecule has 0 heterocycles. The maximum atomic E-state index is 5.16. The maximum absolute atomic E-state index is 5.16. The smallest absolute Gasteiger partial charge is 0.119 e. The zero-order valence-electron chi connectivity index (χ0n) is 14.4. The van der Waals surface area contributed by atoms with E-state index in [4.69, 9.17) is 4.74 Å². The van der Waals surface area contributed by atoms with Gasteiger partial charge in [-0.15, -0.1) is 0 Å². The lowest BCUT2D eigenvalue weighted by molar-refractivity contribution is 0.415. The van der Waals surface area contributed by atoms with Crippen molar-refractivity contribution in [1.29, 1.82) is 0 Å². The molecule has 0 aliphatic rings. The van der Waals surface area contributed by atoms with Crippen molar-refractivity contribution in [2.75, 3.05) is 24.8 Å². The molecule has 0 aromatic heterocycles. The van der Waals surface area contributed by atoms with E-state index >= 15 is 0 Å². The number of ether oxygens (including phenoxy) is 1. The standard InChI is InChI=1S/C20H26N2O/c1-20(2,18-8-5-6-9-19(18)21-3)14-7-15-22-16-10-12-17(23-4)13-11-16/h5-13,15,21-22H,14H2,1-4H3/b15-7+. The number of benzene rings is 2. The summed E-state index contributed by atoms with van der Waals surface area (Å²) in [6, 6.07) is 16.4. The molecule has 0 atom stereocenters. The normalized spacial score (nSPS) is 11.5. The molecule has 0 bridgehead atoms. The predicted molar refractivity (Wildman–Crippen MR) is 99.4 cm³/mol. The molecule has 0 saturated carbocycles. The van der Waals surface area contributed by atoms with E-state index < -0.39 is 0 Å². The second-order valence-corrected chi connectivity index (χ2v) is 6.16. The van der Waals surface area contributed by atoms with E-state index in [9.17, 15) is 0 Å². The summed E-state index contributed by atoms with van der Waals surface area (Å²) in [5.41, 5.74) is 3.64. The molecule has 0 amide bonds. The largest absolute Gasteiger partial charge is 0.497 e. The molecule has 2 aromatic rings. The monoisotopic (exact) mass is 310 g/mol. The molecule has 23 heavy (non-hydrogen) atoms. The summed E-state index contributed by atoms with van der Waals surface area (Å²) in [5, 5.41) is 6.57. The van der Waals surface area contributed by atoms with Gasteiger partial charge < -0.3 is 15.4 Å². The van der Waals surface area contributed by atoms with Crippen molar-refractivity contribution < 1.29 is 4.74 Å². The summed E-state index contributed by atoms with van der Waals surface area (Å²) in [7, 11) is 3.64. The van der Waals surface area contributed by atoms with E-state index in [1.54, 1.807) is 7.11 Å². The van der Waals surface area contributed by atoms with E-state index in [1.807, 2.05) is 37.5 Å². The first-order chi connectivity index (χ1) is 11.1. The van der Waals surface area contributed by atoms with Gasteiger partial charge in [0.2, 0.25) is 0 Å². The first-order valence-corrected chi connectivity index (χ1v) is 7.89. The minimum absolute atomic E-state index is 0.0672. The fraction of sp³-hybridized carbons (Fsp3) is 0.300. The maximum Gasteiger partial charge on any atom is 0.119 e. The van der Waals surface area contributed by atoms with Gasteiger partial charge in [-0.25, -0.2) is 0 Å². The number of anilines is 2. The van der Waals surface area contributed by atoms with Crippen molar-refractivity contribution in [1.82, 2.24) is 0 Å². The fourth-order valence-electron chi connectivity index (χ4n) is 2.60. The van der Waals surface area contributed by atoms with Gasteiger partial charge in [0, 0.05) is 18.4 Å². The third-order valence-electron chi connectivity index (χ3n) is 4.01. The first kappa shape index (κ1) is 16.9. The van der Waals surface area contributed by atoms with Crippen LogP contribution in [0.4, 0.5) is 11.4 Å². The Hall–Kier alpha value is -2.42. The van der Waals surface area contributed by atoms with Crippen LogP contribution in [-0.2, 0) is 5.41 Å². The van der Waals surface area contributed by atoms with Gasteiger partial charge in [-0.2, -0.15) is 0 Å². The van der Waals surface area contributed by atoms with Crippen molar-refractivity contribution in [3.63, 3.8) is 0 Å². The quantitative estimate of drug-likeness (QED) is 0.752. The Labute approximate surface area is 139 Å². The van der Waals surface area contributed by atoms with E-state index in [2.05, 4.69) is 54.8 Å². The van der Waals surface area contributed by atoms with Gasteiger partial charge in [0.05, 0.1) is 7.11 Å². The molecule has 0 aliphatic heterocycles. The van der Waals surface area contributed by atoms with Crippen LogP contribution in [0.25, 0.3) is 0 Å². The van der Waals surface area contributed by atoms with Gasteiger partial charge >= 0.3 is 0 Å². The number of hydrogen-bond donors (Lipinski definition) is 2. The molecule has 2 aromatic carbocycles. The Balaban J connectivity index is 1.97. The molecule has 0 saturated heterocycles. The van der Waals surface area contributed by atoms with Gasteiger partial charge in [-0.1, -0.05) is 38.1 Å². The lowest BCUT2D eigenvalue weighted by atomic mass is 9.80. The first-order valence-electron chi connectivity index (χ1n) is 7.89. The van der Waals surface area contributed by atoms with Crippen molar-refractivity contribution in [3.8, 4) is 5.75 Å². The summed E-state index contributed by atoms with van der Waals surface area (Å²) in [5.74, 6) is 0.865. The lowest BCUT2D eigenvalue weighted by Crippen LogP contribution is -2.18. The zero-order chi connectivity index (χ0) is 16.7. The molecule has 0 unspecified atom stereocenters. The molecular weight excluding hydrogens is 284 g/mol. The average Bonchev–Trinajstić information content (AvgIpc) is 2.59. The summed E-state index contributed by atoms with van der Waals surface area (Å²) in [6.07, 6.45) is 5.14. The highest BCUT2D eigenvalue weighted by Gasteiger charge is 2.21. The molecule has 0 spiro atoms. The SMILES string of the molecule is CNc1ccccc1C(C)(C)C/C=C/Nc1ccc(OC)cc1. The number of methoxy groups -OCH3 is 1. The van der Waals surface area contributed by atoms with Crippen LogP contribution in [0.1, 0.15) is 25.8 Å². The van der Waals surface area contributed by atoms with E-state index in [0.717, 1.165) is 17.9 Å². The van der Waals surface area contributed by atoms with Crippen molar-refractivity contribution in [2.45, 2.75) is 25.7 Å². The molecule has 0 fully saturated rings. The van der Waals surface area contributed by atoms with Gasteiger partial charge in [-0.3, -0.25) is 0 Å². The van der Waals surface area contributed by atoms with Crippen molar-refractivity contribution in [2.24, 2.45) is 0 Å². The number of hydrogen-bond acceptors (Lipinski definition) is 3. The van der Waals surface area contributed by atoms with Crippen molar-refractivity contribution in [3.05, 3.63) is 66.4 Å². The summed E-state index contributed by atoms with van der Waals surface area (Å²) >= 11 is 0. The second kappa shape index (κ2) is 7.73. The van der Waals surface area contributed by atoms with Crippen LogP contribution in [-0.4, -0.2) is 14.2 Å². The topological polar surface area (TPSA) is 33.3 Å². The summed E-state index contributed by atoms with van der Waals surface area (Å²) < 4.78 is 5.16.